The molecule has 0 saturated carbocycles. The van der Waals surface area contributed by atoms with Crippen LogP contribution >= 0.6 is 25.8 Å². The Bertz CT molecular complexity index is 184. The van der Waals surface area contributed by atoms with Crippen LogP contribution in [0.4, 0.5) is 0 Å². The van der Waals surface area contributed by atoms with Gasteiger partial charge in [0.05, 0.1) is 0 Å². The molecule has 11 heavy (non-hydrogen) atoms. The van der Waals surface area contributed by atoms with E-state index in [1.54, 1.807) is 0 Å². The zero-order valence-electron chi connectivity index (χ0n) is 6.77. The smallest absolute Gasteiger partial charge is 0.280 e. The molecule has 0 nitrogen and oxygen atoms in total. The van der Waals surface area contributed by atoms with Gasteiger partial charge in [-0.05, 0) is 13.8 Å². The fourth-order valence-corrected chi connectivity index (χ4v) is 0.807. The highest BCUT2D eigenvalue weighted by Crippen LogP contribution is 2.00. The van der Waals surface area contributed by atoms with E-state index in [1.807, 2.05) is 0 Å². The molecule has 1 aromatic carbocycles. The molecule has 1 rings (SSSR count). The van der Waals surface area contributed by atoms with Crippen LogP contribution in [0.3, 0.4) is 0 Å². The summed E-state index contributed by atoms with van der Waals surface area (Å²) in [5.41, 5.74) is 2.68. The van der Waals surface area contributed by atoms with Gasteiger partial charge in [-0.25, -0.2) is 0 Å². The highest BCUT2D eigenvalue weighted by atomic mass is 79.9. The van der Waals surface area contributed by atoms with Crippen molar-refractivity contribution in [2.75, 3.05) is 0 Å². The molecule has 0 amide bonds. The summed E-state index contributed by atoms with van der Waals surface area (Å²) in [5.74, 6) is 0. The normalized spacial score (nSPS) is 7.64. The van der Waals surface area contributed by atoms with Gasteiger partial charge in [0, 0.05) is 0 Å². The van der Waals surface area contributed by atoms with Crippen molar-refractivity contribution in [1.29, 1.82) is 0 Å². The van der Waals surface area contributed by atoms with E-state index >= 15 is 0 Å². The first-order chi connectivity index (χ1) is 5.20. The number of aryl methyl sites for hydroxylation is 2. The predicted molar refractivity (Wildman–Crippen MR) is 59.5 cm³/mol. The topological polar surface area (TPSA) is 0 Å². The van der Waals surface area contributed by atoms with E-state index in [4.69, 9.17) is 0 Å². The minimum atomic E-state index is 0.0417. The van der Waals surface area contributed by atoms with Crippen LogP contribution in [0.2, 0.25) is 0 Å². The number of halogens is 2. The predicted octanol–water partition coefficient (Wildman–Crippen LogP) is 3.61. The molecular weight excluding hydrogens is 280 g/mol. The van der Waals surface area contributed by atoms with Gasteiger partial charge >= 0.3 is 16.0 Å². The molecule has 0 aromatic heterocycles. The van der Waals surface area contributed by atoms with E-state index in [0.29, 0.717) is 0 Å². The second-order valence-corrected chi connectivity index (χ2v) is 10.3. The van der Waals surface area contributed by atoms with Crippen molar-refractivity contribution in [2.45, 2.75) is 13.8 Å². The molecule has 0 heterocycles. The van der Waals surface area contributed by atoms with Crippen LogP contribution in [-0.2, 0) is 0 Å². The Morgan fingerprint density at radius 1 is 1.09 bits per heavy atom. The van der Waals surface area contributed by atoms with Gasteiger partial charge in [-0.2, -0.15) is 0 Å². The Kier molecular flexibility index (Phi) is 8.24. The van der Waals surface area contributed by atoms with Crippen LogP contribution in [0.5, 0.6) is 0 Å². The summed E-state index contributed by atoms with van der Waals surface area (Å²) in [6.07, 6.45) is 0. The average Bonchev–Trinajstić information content (AvgIpc) is 1.88. The third-order valence-electron chi connectivity index (χ3n) is 1.17. The lowest BCUT2D eigenvalue weighted by Crippen LogP contribution is -1.71. The van der Waals surface area contributed by atoms with E-state index in [1.165, 1.54) is 11.1 Å². The van der Waals surface area contributed by atoms with Gasteiger partial charge < -0.3 is 0 Å². The highest BCUT2D eigenvalue weighted by molar-refractivity contribution is 9.47. The Labute approximate surface area is 90.2 Å². The molecule has 0 N–H and O–H groups in total. The lowest BCUT2D eigenvalue weighted by molar-refractivity contribution is 1.39. The molecule has 0 aliphatic carbocycles. The van der Waals surface area contributed by atoms with Crippen LogP contribution in [-0.4, -0.2) is 16.0 Å². The van der Waals surface area contributed by atoms with Crippen LogP contribution in [0, 0.1) is 13.8 Å². The van der Waals surface area contributed by atoms with Crippen molar-refractivity contribution in [3.05, 3.63) is 35.4 Å². The van der Waals surface area contributed by atoms with E-state index in [0.717, 1.165) is 0 Å². The molecule has 1 aromatic rings. The lowest BCUT2D eigenvalue weighted by Gasteiger charge is -1.90. The first-order valence-corrected chi connectivity index (χ1v) is 11.2. The average molecular weight is 290 g/mol. The van der Waals surface area contributed by atoms with Gasteiger partial charge in [0.15, 0.2) is 0 Å². The van der Waals surface area contributed by atoms with E-state index in [-0.39, 0.29) is 16.0 Å². The summed E-state index contributed by atoms with van der Waals surface area (Å²) in [6, 6.07) is 8.45. The highest BCUT2D eigenvalue weighted by Gasteiger charge is 1.80. The van der Waals surface area contributed by atoms with Crippen molar-refractivity contribution in [2.24, 2.45) is 0 Å². The third kappa shape index (κ3) is 7.31. The second-order valence-electron chi connectivity index (χ2n) is 2.26. The summed E-state index contributed by atoms with van der Waals surface area (Å²) in [6.45, 7) is 4.21. The van der Waals surface area contributed by atoms with Crippen molar-refractivity contribution in [1.82, 2.24) is 0 Å². The standard InChI is InChI=1S/C8H10.2BrH.Mg/c1-7-4-3-5-8(2)6-7;;;/h3-6H,1-2H3;2*1H;/q;;;+2/p-2. The first-order valence-electron chi connectivity index (χ1n) is 3.36. The molecule has 0 unspecified atom stereocenters. The molecule has 0 spiro atoms. The summed E-state index contributed by atoms with van der Waals surface area (Å²) in [5, 5.41) is 0. The molecule has 0 aliphatic heterocycles. The molecular formula is C8H10Br2Mg. The largest absolute Gasteiger partial charge is 0.560 e. The summed E-state index contributed by atoms with van der Waals surface area (Å²) >= 11 is 6.44. The van der Waals surface area contributed by atoms with Crippen molar-refractivity contribution >= 4 is 41.8 Å². The summed E-state index contributed by atoms with van der Waals surface area (Å²) in [4.78, 5) is 0. The summed E-state index contributed by atoms with van der Waals surface area (Å²) < 4.78 is 0. The van der Waals surface area contributed by atoms with Gasteiger partial charge in [0.2, 0.25) is 0 Å². The third-order valence-corrected chi connectivity index (χ3v) is 1.17. The van der Waals surface area contributed by atoms with Crippen LogP contribution in [0.25, 0.3) is 0 Å². The molecule has 0 bridgehead atoms. The molecule has 58 valence electrons. The lowest BCUT2D eigenvalue weighted by atomic mass is 10.2. The van der Waals surface area contributed by atoms with E-state index in [9.17, 15) is 0 Å². The Morgan fingerprint density at radius 2 is 1.45 bits per heavy atom. The minimum Gasteiger partial charge on any atom is -0.280 e. The van der Waals surface area contributed by atoms with Crippen LogP contribution < -0.4 is 0 Å². The molecule has 0 aliphatic rings. The molecule has 3 heteroatoms. The van der Waals surface area contributed by atoms with Crippen molar-refractivity contribution < 1.29 is 0 Å². The van der Waals surface area contributed by atoms with Gasteiger partial charge in [0.25, 0.3) is 0 Å². The van der Waals surface area contributed by atoms with Gasteiger partial charge in [-0.15, -0.1) is 0 Å². The van der Waals surface area contributed by atoms with Gasteiger partial charge in [-0.3, -0.25) is 25.8 Å². The van der Waals surface area contributed by atoms with Gasteiger partial charge in [0.1, 0.15) is 0 Å². The fraction of sp³-hybridized carbons (Fsp3) is 0.250. The number of rotatable bonds is 0. The van der Waals surface area contributed by atoms with Gasteiger partial charge in [-0.1, -0.05) is 35.4 Å². The monoisotopic (exact) mass is 288 g/mol. The van der Waals surface area contributed by atoms with E-state index in [2.05, 4.69) is 63.9 Å². The minimum absolute atomic E-state index is 0.0417. The fourth-order valence-electron chi connectivity index (χ4n) is 0.807. The van der Waals surface area contributed by atoms with Crippen LogP contribution in [0.1, 0.15) is 11.1 Å². The van der Waals surface area contributed by atoms with Crippen LogP contribution in [0.15, 0.2) is 24.3 Å². The maximum atomic E-state index is 3.20. The second kappa shape index (κ2) is 7.59. The zero-order chi connectivity index (χ0) is 8.69. The SMILES string of the molecule is Cc1cccc(C)c1.[Br][Mg][Br]. The number of hydrogen-bond acceptors (Lipinski definition) is 0. The maximum Gasteiger partial charge on any atom is 0.560 e. The number of benzene rings is 1. The van der Waals surface area contributed by atoms with E-state index < -0.39 is 0 Å². The molecule has 0 fully saturated rings. The Balaban J connectivity index is 0.000000292. The first kappa shape index (κ1) is 11.9. The van der Waals surface area contributed by atoms with Crippen molar-refractivity contribution in [3.63, 3.8) is 0 Å². The Morgan fingerprint density at radius 3 is 1.64 bits per heavy atom. The summed E-state index contributed by atoms with van der Waals surface area (Å²) in [7, 11) is 0. The molecule has 0 radical (unpaired) electrons. The Hall–Kier alpha value is 0.946. The molecule has 0 atom stereocenters. The molecule has 0 saturated heterocycles. The number of hydrogen-bond donors (Lipinski definition) is 0. The quantitative estimate of drug-likeness (QED) is 0.640. The zero-order valence-corrected chi connectivity index (χ0v) is 11.4. The van der Waals surface area contributed by atoms with Crippen molar-refractivity contribution in [3.8, 4) is 0 Å². The maximum absolute atomic E-state index is 3.20.